The maximum atomic E-state index is 11.6. The average Bonchev–Trinajstić information content (AvgIpc) is 2.56. The van der Waals surface area contributed by atoms with Gasteiger partial charge in [-0.05, 0) is 12.8 Å². The van der Waals surface area contributed by atoms with Crippen molar-refractivity contribution in [3.63, 3.8) is 0 Å². The molecule has 2 aliphatic heterocycles. The first-order valence-corrected chi connectivity index (χ1v) is 7.65. The highest BCUT2D eigenvalue weighted by Gasteiger charge is 2.28. The van der Waals surface area contributed by atoms with Crippen LogP contribution in [0.1, 0.15) is 31.4 Å². The number of piperidine rings is 1. The topological polar surface area (TPSA) is 58.6 Å². The number of likely N-dealkylation sites (tertiary alicyclic amines) is 1. The third-order valence-corrected chi connectivity index (χ3v) is 4.27. The van der Waals surface area contributed by atoms with Crippen LogP contribution in [0.5, 0.6) is 0 Å². The molecule has 114 valence electrons. The van der Waals surface area contributed by atoms with Crippen molar-refractivity contribution in [3.8, 4) is 0 Å². The second-order valence-electron chi connectivity index (χ2n) is 5.67. The smallest absolute Gasteiger partial charge is 0.219 e. The number of carbonyl (C=O) groups excluding carboxylic acids is 1. The van der Waals surface area contributed by atoms with E-state index in [1.807, 2.05) is 4.90 Å². The quantitative estimate of drug-likeness (QED) is 0.814. The summed E-state index contributed by atoms with van der Waals surface area (Å²) in [6.45, 7) is 6.44. The van der Waals surface area contributed by atoms with Gasteiger partial charge in [0.2, 0.25) is 5.91 Å². The summed E-state index contributed by atoms with van der Waals surface area (Å²) >= 11 is 0. The van der Waals surface area contributed by atoms with Gasteiger partial charge in [-0.3, -0.25) is 9.78 Å². The van der Waals surface area contributed by atoms with Crippen molar-refractivity contribution in [3.05, 3.63) is 18.1 Å². The number of amides is 1. The van der Waals surface area contributed by atoms with Crippen LogP contribution >= 0.6 is 0 Å². The van der Waals surface area contributed by atoms with Crippen molar-refractivity contribution in [2.45, 2.75) is 25.7 Å². The molecule has 21 heavy (non-hydrogen) atoms. The van der Waals surface area contributed by atoms with Crippen molar-refractivity contribution in [2.75, 3.05) is 44.3 Å². The molecule has 2 saturated heterocycles. The molecule has 0 radical (unpaired) electrons. The van der Waals surface area contributed by atoms with Crippen LogP contribution in [0.3, 0.4) is 0 Å². The molecule has 0 aliphatic carbocycles. The van der Waals surface area contributed by atoms with Gasteiger partial charge in [0.25, 0.3) is 0 Å². The third kappa shape index (κ3) is 3.15. The van der Waals surface area contributed by atoms with Crippen molar-refractivity contribution < 1.29 is 9.53 Å². The number of morpholine rings is 1. The Hall–Kier alpha value is -1.69. The highest BCUT2D eigenvalue weighted by Crippen LogP contribution is 2.31. The van der Waals surface area contributed by atoms with Gasteiger partial charge in [0.1, 0.15) is 0 Å². The number of nitrogens with zero attached hydrogens (tertiary/aromatic N) is 4. The zero-order chi connectivity index (χ0) is 14.7. The fraction of sp³-hybridized carbons (Fsp3) is 0.667. The molecule has 0 aromatic carbocycles. The van der Waals surface area contributed by atoms with Crippen LogP contribution in [-0.2, 0) is 9.53 Å². The molecule has 3 rings (SSSR count). The Morgan fingerprint density at radius 3 is 2.76 bits per heavy atom. The third-order valence-electron chi connectivity index (χ3n) is 4.27. The summed E-state index contributed by atoms with van der Waals surface area (Å²) in [7, 11) is 0. The molecule has 1 aromatic rings. The van der Waals surface area contributed by atoms with Crippen LogP contribution in [0.25, 0.3) is 0 Å². The minimum atomic E-state index is 0.150. The molecule has 6 heteroatoms. The number of ether oxygens (including phenoxy) is 1. The molecule has 0 spiro atoms. The Labute approximate surface area is 125 Å². The van der Waals surface area contributed by atoms with E-state index in [0.717, 1.165) is 63.7 Å². The molecule has 0 N–H and O–H groups in total. The van der Waals surface area contributed by atoms with Gasteiger partial charge in [-0.2, -0.15) is 0 Å². The lowest BCUT2D eigenvalue weighted by molar-refractivity contribution is -0.130. The molecule has 3 heterocycles. The Kier molecular flexibility index (Phi) is 4.34. The Morgan fingerprint density at radius 2 is 2.00 bits per heavy atom. The van der Waals surface area contributed by atoms with E-state index in [0.29, 0.717) is 0 Å². The molecule has 6 nitrogen and oxygen atoms in total. The Bertz CT molecular complexity index is 502. The molecule has 1 amide bonds. The van der Waals surface area contributed by atoms with E-state index >= 15 is 0 Å². The minimum Gasteiger partial charge on any atom is -0.378 e. The molecule has 1 aromatic heterocycles. The number of anilines is 1. The van der Waals surface area contributed by atoms with E-state index in [1.165, 1.54) is 0 Å². The van der Waals surface area contributed by atoms with Crippen molar-refractivity contribution in [1.82, 2.24) is 14.9 Å². The van der Waals surface area contributed by atoms with E-state index in [4.69, 9.17) is 4.74 Å². The first kappa shape index (κ1) is 14.3. The van der Waals surface area contributed by atoms with Gasteiger partial charge >= 0.3 is 0 Å². The van der Waals surface area contributed by atoms with Crippen LogP contribution in [0.4, 0.5) is 5.82 Å². The summed E-state index contributed by atoms with van der Waals surface area (Å²) < 4.78 is 5.41. The lowest BCUT2D eigenvalue weighted by Gasteiger charge is -2.34. The van der Waals surface area contributed by atoms with Gasteiger partial charge < -0.3 is 14.5 Å². The number of hydrogen-bond donors (Lipinski definition) is 0. The molecular weight excluding hydrogens is 268 g/mol. The molecule has 2 aliphatic rings. The van der Waals surface area contributed by atoms with Gasteiger partial charge in [0, 0.05) is 51.4 Å². The summed E-state index contributed by atoms with van der Waals surface area (Å²) in [4.78, 5) is 24.9. The van der Waals surface area contributed by atoms with Crippen LogP contribution in [-0.4, -0.2) is 60.2 Å². The van der Waals surface area contributed by atoms with Gasteiger partial charge in [0.05, 0.1) is 18.9 Å². The fourth-order valence-corrected chi connectivity index (χ4v) is 3.13. The van der Waals surface area contributed by atoms with E-state index in [2.05, 4.69) is 14.9 Å². The molecule has 2 fully saturated rings. The van der Waals surface area contributed by atoms with Crippen LogP contribution in [0.2, 0.25) is 0 Å². The molecule has 0 saturated carbocycles. The highest BCUT2D eigenvalue weighted by atomic mass is 16.5. The number of rotatable bonds is 2. The van der Waals surface area contributed by atoms with Crippen molar-refractivity contribution in [2.24, 2.45) is 0 Å². The standard InChI is InChI=1S/C15H22N4O2/c1-12(20)19-6-2-3-13(11-19)14-15(17-5-4-16-14)18-7-9-21-10-8-18/h4-5,13H,2-3,6-11H2,1H3. The number of hydrogen-bond acceptors (Lipinski definition) is 5. The lowest BCUT2D eigenvalue weighted by Crippen LogP contribution is -2.40. The van der Waals surface area contributed by atoms with Crippen LogP contribution < -0.4 is 4.90 Å². The maximum absolute atomic E-state index is 11.6. The SMILES string of the molecule is CC(=O)N1CCCC(c2nccnc2N2CCOCC2)C1. The fourth-order valence-electron chi connectivity index (χ4n) is 3.13. The monoisotopic (exact) mass is 290 g/mol. The maximum Gasteiger partial charge on any atom is 0.219 e. The van der Waals surface area contributed by atoms with Crippen LogP contribution in [0.15, 0.2) is 12.4 Å². The van der Waals surface area contributed by atoms with Crippen molar-refractivity contribution >= 4 is 11.7 Å². The normalized spacial score (nSPS) is 23.2. The summed E-state index contributed by atoms with van der Waals surface area (Å²) in [5.41, 5.74) is 1.03. The summed E-state index contributed by atoms with van der Waals surface area (Å²) in [5, 5.41) is 0. The van der Waals surface area contributed by atoms with Gasteiger partial charge in [-0.1, -0.05) is 0 Å². The van der Waals surface area contributed by atoms with Crippen LogP contribution in [0, 0.1) is 0 Å². The summed E-state index contributed by atoms with van der Waals surface area (Å²) in [6.07, 6.45) is 5.61. The molecular formula is C15H22N4O2. The molecule has 1 atom stereocenters. The zero-order valence-electron chi connectivity index (χ0n) is 12.5. The van der Waals surface area contributed by atoms with E-state index in [9.17, 15) is 4.79 Å². The van der Waals surface area contributed by atoms with E-state index < -0.39 is 0 Å². The predicted octanol–water partition coefficient (Wildman–Crippen LogP) is 1.04. The van der Waals surface area contributed by atoms with Gasteiger partial charge in [0.15, 0.2) is 5.82 Å². The summed E-state index contributed by atoms with van der Waals surface area (Å²) in [5.74, 6) is 1.40. The molecule has 1 unspecified atom stereocenters. The summed E-state index contributed by atoms with van der Waals surface area (Å²) in [6, 6.07) is 0. The predicted molar refractivity (Wildman–Crippen MR) is 79.3 cm³/mol. The molecule has 0 bridgehead atoms. The first-order valence-electron chi connectivity index (χ1n) is 7.65. The van der Waals surface area contributed by atoms with E-state index in [1.54, 1.807) is 19.3 Å². The second kappa shape index (κ2) is 6.39. The number of aromatic nitrogens is 2. The van der Waals surface area contributed by atoms with Crippen molar-refractivity contribution in [1.29, 1.82) is 0 Å². The number of carbonyl (C=O) groups is 1. The van der Waals surface area contributed by atoms with Gasteiger partial charge in [-0.25, -0.2) is 4.98 Å². The zero-order valence-corrected chi connectivity index (χ0v) is 12.5. The minimum absolute atomic E-state index is 0.150. The van der Waals surface area contributed by atoms with E-state index in [-0.39, 0.29) is 11.8 Å². The highest BCUT2D eigenvalue weighted by molar-refractivity contribution is 5.73. The van der Waals surface area contributed by atoms with Gasteiger partial charge in [-0.15, -0.1) is 0 Å². The largest absolute Gasteiger partial charge is 0.378 e. The average molecular weight is 290 g/mol. The second-order valence-corrected chi connectivity index (χ2v) is 5.67. The Balaban J connectivity index is 1.82. The Morgan fingerprint density at radius 1 is 1.24 bits per heavy atom. The first-order chi connectivity index (χ1) is 10.3. The lowest BCUT2D eigenvalue weighted by atomic mass is 9.94.